The van der Waals surface area contributed by atoms with Gasteiger partial charge in [0.1, 0.15) is 0 Å². The zero-order valence-electron chi connectivity index (χ0n) is 11.7. The van der Waals surface area contributed by atoms with Gasteiger partial charge in [0.2, 0.25) is 0 Å². The molecule has 0 spiro atoms. The molecule has 1 aliphatic carbocycles. The monoisotopic (exact) mass is 339 g/mol. The maximum Gasteiger partial charge on any atom is 0.0406 e. The first-order valence-corrected chi connectivity index (χ1v) is 8.20. The Bertz CT molecular complexity index is 582. The van der Waals surface area contributed by atoms with Gasteiger partial charge >= 0.3 is 0 Å². The van der Waals surface area contributed by atoms with Crippen molar-refractivity contribution in [3.8, 4) is 0 Å². The number of hydrogen-bond donors (Lipinski definition) is 1. The lowest BCUT2D eigenvalue weighted by molar-refractivity contribution is 0.589. The Hall–Kier alpha value is -0.670. The van der Waals surface area contributed by atoms with Gasteiger partial charge in [-0.25, -0.2) is 0 Å². The SMILES string of the molecule is Cl.N[C@H](CC1CC1)c1ccccc1Sc1ccc(Cl)cc1. The first-order chi connectivity index (χ1) is 9.72. The number of nitrogens with two attached hydrogens (primary N) is 1. The van der Waals surface area contributed by atoms with Crippen LogP contribution in [-0.4, -0.2) is 0 Å². The van der Waals surface area contributed by atoms with E-state index in [1.807, 2.05) is 12.1 Å². The van der Waals surface area contributed by atoms with E-state index in [-0.39, 0.29) is 18.4 Å². The fourth-order valence-corrected chi connectivity index (χ4v) is 3.49. The van der Waals surface area contributed by atoms with Crippen LogP contribution in [0, 0.1) is 5.92 Å². The van der Waals surface area contributed by atoms with E-state index in [1.165, 1.54) is 28.2 Å². The van der Waals surface area contributed by atoms with Gasteiger partial charge in [-0.15, -0.1) is 12.4 Å². The van der Waals surface area contributed by atoms with Crippen molar-refractivity contribution in [2.45, 2.75) is 35.1 Å². The van der Waals surface area contributed by atoms with E-state index in [4.69, 9.17) is 17.3 Å². The van der Waals surface area contributed by atoms with Gasteiger partial charge in [-0.05, 0) is 48.2 Å². The van der Waals surface area contributed by atoms with Crippen molar-refractivity contribution in [2.75, 3.05) is 0 Å². The number of hydrogen-bond acceptors (Lipinski definition) is 2. The van der Waals surface area contributed by atoms with Gasteiger partial charge in [0.05, 0.1) is 0 Å². The fraction of sp³-hybridized carbons (Fsp3) is 0.294. The lowest BCUT2D eigenvalue weighted by Gasteiger charge is -2.16. The van der Waals surface area contributed by atoms with Crippen LogP contribution in [0.1, 0.15) is 30.9 Å². The highest BCUT2D eigenvalue weighted by Gasteiger charge is 2.25. The molecule has 112 valence electrons. The maximum absolute atomic E-state index is 6.38. The Balaban J connectivity index is 0.00000161. The van der Waals surface area contributed by atoms with Gasteiger partial charge in [0.15, 0.2) is 0 Å². The van der Waals surface area contributed by atoms with Crippen molar-refractivity contribution in [1.29, 1.82) is 0 Å². The average Bonchev–Trinajstić information content (AvgIpc) is 3.26. The minimum absolute atomic E-state index is 0. The van der Waals surface area contributed by atoms with E-state index in [9.17, 15) is 0 Å². The summed E-state index contributed by atoms with van der Waals surface area (Å²) in [5.74, 6) is 0.846. The van der Waals surface area contributed by atoms with Gasteiger partial charge in [0, 0.05) is 20.9 Å². The number of halogens is 2. The predicted octanol–water partition coefficient (Wildman–Crippen LogP) is 5.71. The van der Waals surface area contributed by atoms with Crippen LogP contribution in [0.3, 0.4) is 0 Å². The Morgan fingerprint density at radius 2 is 1.76 bits per heavy atom. The van der Waals surface area contributed by atoms with E-state index in [0.717, 1.165) is 17.4 Å². The van der Waals surface area contributed by atoms with Crippen molar-refractivity contribution in [3.05, 3.63) is 59.1 Å². The quantitative estimate of drug-likeness (QED) is 0.754. The van der Waals surface area contributed by atoms with Crippen LogP contribution in [0.5, 0.6) is 0 Å². The van der Waals surface area contributed by atoms with Gasteiger partial charge in [-0.3, -0.25) is 0 Å². The van der Waals surface area contributed by atoms with E-state index in [2.05, 4.69) is 36.4 Å². The predicted molar refractivity (Wildman–Crippen MR) is 93.5 cm³/mol. The third-order valence-corrected chi connectivity index (χ3v) is 5.00. The Labute approximate surface area is 141 Å². The summed E-state index contributed by atoms with van der Waals surface area (Å²) in [6.07, 6.45) is 3.80. The lowest BCUT2D eigenvalue weighted by atomic mass is 10.0. The first kappa shape index (κ1) is 16.7. The molecule has 2 aromatic rings. The smallest absolute Gasteiger partial charge is 0.0406 e. The molecule has 0 radical (unpaired) electrons. The number of benzene rings is 2. The second kappa shape index (κ2) is 7.55. The summed E-state index contributed by atoms with van der Waals surface area (Å²) in [6, 6.07) is 16.6. The molecule has 0 unspecified atom stereocenters. The van der Waals surface area contributed by atoms with Gasteiger partial charge in [-0.1, -0.05) is 54.4 Å². The highest BCUT2D eigenvalue weighted by molar-refractivity contribution is 7.99. The van der Waals surface area contributed by atoms with Gasteiger partial charge in [0.25, 0.3) is 0 Å². The zero-order valence-corrected chi connectivity index (χ0v) is 14.1. The molecule has 0 heterocycles. The lowest BCUT2D eigenvalue weighted by Crippen LogP contribution is -2.11. The minimum Gasteiger partial charge on any atom is -0.324 e. The summed E-state index contributed by atoms with van der Waals surface area (Å²) in [7, 11) is 0. The molecule has 1 atom stereocenters. The van der Waals surface area contributed by atoms with Crippen molar-refractivity contribution in [1.82, 2.24) is 0 Å². The topological polar surface area (TPSA) is 26.0 Å². The van der Waals surface area contributed by atoms with Crippen LogP contribution in [0.25, 0.3) is 0 Å². The summed E-state index contributed by atoms with van der Waals surface area (Å²) in [5, 5.41) is 0.771. The molecule has 0 amide bonds. The zero-order chi connectivity index (χ0) is 13.9. The minimum atomic E-state index is 0. The van der Waals surface area contributed by atoms with Gasteiger partial charge < -0.3 is 5.73 Å². The van der Waals surface area contributed by atoms with E-state index >= 15 is 0 Å². The van der Waals surface area contributed by atoms with Crippen LogP contribution in [0.15, 0.2) is 58.3 Å². The van der Waals surface area contributed by atoms with Crippen molar-refractivity contribution < 1.29 is 0 Å². The van der Waals surface area contributed by atoms with E-state index < -0.39 is 0 Å². The van der Waals surface area contributed by atoms with Crippen LogP contribution in [0.4, 0.5) is 0 Å². The molecule has 1 fully saturated rings. The van der Waals surface area contributed by atoms with Crippen molar-refractivity contribution in [3.63, 3.8) is 0 Å². The molecule has 1 nitrogen and oxygen atoms in total. The summed E-state index contributed by atoms with van der Waals surface area (Å²) in [6.45, 7) is 0. The van der Waals surface area contributed by atoms with Crippen LogP contribution < -0.4 is 5.73 Å². The Kier molecular flexibility index (Phi) is 6.00. The summed E-state index contributed by atoms with van der Waals surface area (Å²) < 4.78 is 0. The summed E-state index contributed by atoms with van der Waals surface area (Å²) >= 11 is 7.69. The summed E-state index contributed by atoms with van der Waals surface area (Å²) in [4.78, 5) is 2.45. The molecule has 0 saturated heterocycles. The highest BCUT2D eigenvalue weighted by Crippen LogP contribution is 2.40. The average molecular weight is 340 g/mol. The molecule has 1 saturated carbocycles. The second-order valence-electron chi connectivity index (χ2n) is 5.38. The third kappa shape index (κ3) is 4.65. The molecular weight excluding hydrogens is 321 g/mol. The third-order valence-electron chi connectivity index (χ3n) is 3.64. The standard InChI is InChI=1S/C17H18ClNS.ClH/c18-13-7-9-14(10-8-13)20-17-4-2-1-3-15(17)16(19)11-12-5-6-12;/h1-4,7-10,12,16H,5-6,11,19H2;1H/t16-;/m1./s1. The Morgan fingerprint density at radius 1 is 1.10 bits per heavy atom. The normalized spacial score (nSPS) is 15.3. The second-order valence-corrected chi connectivity index (χ2v) is 6.93. The molecule has 21 heavy (non-hydrogen) atoms. The van der Waals surface area contributed by atoms with Crippen molar-refractivity contribution in [2.24, 2.45) is 11.7 Å². The van der Waals surface area contributed by atoms with Crippen LogP contribution >= 0.6 is 35.8 Å². The largest absolute Gasteiger partial charge is 0.324 e. The molecule has 2 aromatic carbocycles. The van der Waals surface area contributed by atoms with E-state index in [1.54, 1.807) is 11.8 Å². The molecule has 3 rings (SSSR count). The molecule has 0 aromatic heterocycles. The van der Waals surface area contributed by atoms with Gasteiger partial charge in [-0.2, -0.15) is 0 Å². The molecule has 0 aliphatic heterocycles. The van der Waals surface area contributed by atoms with Crippen LogP contribution in [0.2, 0.25) is 5.02 Å². The molecule has 4 heteroatoms. The first-order valence-electron chi connectivity index (χ1n) is 7.00. The van der Waals surface area contributed by atoms with E-state index in [0.29, 0.717) is 0 Å². The summed E-state index contributed by atoms with van der Waals surface area (Å²) in [5.41, 5.74) is 7.64. The molecule has 0 bridgehead atoms. The van der Waals surface area contributed by atoms with Crippen molar-refractivity contribution >= 4 is 35.8 Å². The number of rotatable bonds is 5. The molecule has 1 aliphatic rings. The highest BCUT2D eigenvalue weighted by atomic mass is 35.5. The van der Waals surface area contributed by atoms with Crippen LogP contribution in [-0.2, 0) is 0 Å². The fourth-order valence-electron chi connectivity index (χ4n) is 2.35. The Morgan fingerprint density at radius 3 is 2.43 bits per heavy atom. The maximum atomic E-state index is 6.38. The molecular formula is C17H19Cl2NS. The molecule has 2 N–H and O–H groups in total.